The monoisotopic (exact) mass is 352 g/mol. The minimum atomic E-state index is -3.38. The van der Waals surface area contributed by atoms with Crippen molar-refractivity contribution in [2.24, 2.45) is 0 Å². The molecule has 0 saturated heterocycles. The molecule has 0 saturated carbocycles. The Morgan fingerprint density at radius 3 is 2.48 bits per heavy atom. The molecule has 2 unspecified atom stereocenters. The van der Waals surface area contributed by atoms with Crippen LogP contribution >= 0.6 is 11.3 Å². The van der Waals surface area contributed by atoms with Gasteiger partial charge in [-0.3, -0.25) is 0 Å². The molecule has 1 heterocycles. The predicted octanol–water partition coefficient (Wildman–Crippen LogP) is 3.19. The normalized spacial score (nSPS) is 15.0. The summed E-state index contributed by atoms with van der Waals surface area (Å²) in [7, 11) is -3.38. The summed E-state index contributed by atoms with van der Waals surface area (Å²) < 4.78 is 37.0. The van der Waals surface area contributed by atoms with Crippen molar-refractivity contribution in [3.05, 3.63) is 0 Å². The van der Waals surface area contributed by atoms with E-state index in [1.165, 1.54) is 0 Å². The van der Waals surface area contributed by atoms with Crippen molar-refractivity contribution in [1.29, 1.82) is 0 Å². The Labute approximate surface area is 134 Å². The van der Waals surface area contributed by atoms with Crippen LogP contribution in [0, 0.1) is 0 Å². The zero-order valence-electron chi connectivity index (χ0n) is 12.9. The minimum Gasteiger partial charge on any atom is -0.609 e. The number of sulfone groups is 1. The fourth-order valence-electron chi connectivity index (χ4n) is 1.96. The Morgan fingerprint density at radius 2 is 1.90 bits per heavy atom. The Bertz CT molecular complexity index is 516. The molecule has 0 bridgehead atoms. The van der Waals surface area contributed by atoms with E-state index in [4.69, 9.17) is 0 Å². The molecular formula is C13H24N2O3S3. The van der Waals surface area contributed by atoms with Gasteiger partial charge >= 0.3 is 4.34 Å². The van der Waals surface area contributed by atoms with Gasteiger partial charge in [0.1, 0.15) is 5.25 Å². The molecule has 0 aliphatic carbocycles. The van der Waals surface area contributed by atoms with E-state index >= 15 is 0 Å². The first kappa shape index (κ1) is 18.9. The minimum absolute atomic E-state index is 0.00769. The van der Waals surface area contributed by atoms with Gasteiger partial charge in [0.25, 0.3) is 0 Å². The van der Waals surface area contributed by atoms with Gasteiger partial charge < -0.3 is 4.55 Å². The first-order valence-corrected chi connectivity index (χ1v) is 11.1. The number of unbranched alkanes of at least 4 members (excludes halogenated alkanes) is 2. The van der Waals surface area contributed by atoms with E-state index in [1.807, 2.05) is 20.8 Å². The number of rotatable bonds is 10. The molecule has 2 atom stereocenters. The molecule has 8 heteroatoms. The third-order valence-electron chi connectivity index (χ3n) is 3.21. The number of hydrogen-bond donors (Lipinski definition) is 0. The van der Waals surface area contributed by atoms with Gasteiger partial charge in [0, 0.05) is 11.2 Å². The van der Waals surface area contributed by atoms with E-state index in [0.29, 0.717) is 10.8 Å². The summed E-state index contributed by atoms with van der Waals surface area (Å²) >= 11 is -0.297. The Morgan fingerprint density at radius 1 is 1.19 bits per heavy atom. The van der Waals surface area contributed by atoms with E-state index < -0.39 is 21.0 Å². The van der Waals surface area contributed by atoms with E-state index in [1.54, 1.807) is 0 Å². The van der Waals surface area contributed by atoms with Gasteiger partial charge in [-0.2, -0.15) is 0 Å². The van der Waals surface area contributed by atoms with Gasteiger partial charge in [-0.15, -0.1) is 5.10 Å². The maximum absolute atomic E-state index is 12.4. The van der Waals surface area contributed by atoms with Crippen LogP contribution in [0.5, 0.6) is 0 Å². The molecular weight excluding hydrogens is 328 g/mol. The lowest BCUT2D eigenvalue weighted by atomic mass is 10.2. The van der Waals surface area contributed by atoms with Crippen molar-refractivity contribution in [2.45, 2.75) is 73.2 Å². The van der Waals surface area contributed by atoms with Crippen LogP contribution in [0.15, 0.2) is 8.68 Å². The first-order valence-electron chi connectivity index (χ1n) is 7.43. The standard InChI is InChI=1S/C13H24N2O3S3/c1-4-7-8-10-21(17,18)13-15-14-12(19-13)20(16)11(6-3)9-5-2/h11H,4-10H2,1-3H3. The number of nitrogens with zero attached hydrogens (tertiary/aromatic N) is 2. The summed E-state index contributed by atoms with van der Waals surface area (Å²) in [4.78, 5) is 0. The summed E-state index contributed by atoms with van der Waals surface area (Å²) in [5, 5.41) is 7.63. The average Bonchev–Trinajstić information content (AvgIpc) is 2.95. The summed E-state index contributed by atoms with van der Waals surface area (Å²) in [5.74, 6) is 0.0915. The van der Waals surface area contributed by atoms with Gasteiger partial charge in [-0.25, -0.2) is 8.42 Å². The lowest BCUT2D eigenvalue weighted by Crippen LogP contribution is -2.20. The fourth-order valence-corrected chi connectivity index (χ4v) is 6.48. The van der Waals surface area contributed by atoms with Crippen LogP contribution in [0.2, 0.25) is 0 Å². The highest BCUT2D eigenvalue weighted by Crippen LogP contribution is 2.27. The first-order chi connectivity index (χ1) is 9.96. The van der Waals surface area contributed by atoms with Crippen LogP contribution in [0.3, 0.4) is 0 Å². The third-order valence-corrected chi connectivity index (χ3v) is 8.52. The highest BCUT2D eigenvalue weighted by molar-refractivity contribution is 7.96. The van der Waals surface area contributed by atoms with Crippen molar-refractivity contribution < 1.29 is 13.0 Å². The Balaban J connectivity index is 2.80. The van der Waals surface area contributed by atoms with Gasteiger partial charge in [0.2, 0.25) is 14.2 Å². The third kappa shape index (κ3) is 5.50. The molecule has 0 aliphatic heterocycles. The topological polar surface area (TPSA) is 83.0 Å². The summed E-state index contributed by atoms with van der Waals surface area (Å²) in [6.45, 7) is 6.06. The van der Waals surface area contributed by atoms with Crippen LogP contribution in [0.1, 0.15) is 59.3 Å². The van der Waals surface area contributed by atoms with E-state index in [0.717, 1.165) is 43.4 Å². The van der Waals surface area contributed by atoms with Gasteiger partial charge in [0.05, 0.1) is 5.75 Å². The van der Waals surface area contributed by atoms with Gasteiger partial charge in [-0.1, -0.05) is 45.1 Å². The highest BCUT2D eigenvalue weighted by atomic mass is 32.3. The van der Waals surface area contributed by atoms with Crippen molar-refractivity contribution in [3.63, 3.8) is 0 Å². The second-order valence-corrected chi connectivity index (χ2v) is 10.1. The zero-order valence-corrected chi connectivity index (χ0v) is 15.3. The summed E-state index contributed by atoms with van der Waals surface area (Å²) in [6, 6.07) is 0. The second-order valence-electron chi connectivity index (χ2n) is 4.98. The van der Waals surface area contributed by atoms with Crippen LogP contribution in [-0.4, -0.2) is 34.2 Å². The molecule has 0 fully saturated rings. The zero-order chi connectivity index (χ0) is 15.9. The fraction of sp³-hybridized carbons (Fsp3) is 0.846. The van der Waals surface area contributed by atoms with E-state index in [-0.39, 0.29) is 15.3 Å². The van der Waals surface area contributed by atoms with Crippen molar-refractivity contribution in [2.75, 3.05) is 5.75 Å². The molecule has 0 aliphatic rings. The molecule has 0 spiro atoms. The largest absolute Gasteiger partial charge is 0.609 e. The van der Waals surface area contributed by atoms with Crippen LogP contribution in [0.4, 0.5) is 0 Å². The van der Waals surface area contributed by atoms with Crippen molar-refractivity contribution >= 4 is 32.3 Å². The molecule has 0 aromatic carbocycles. The lowest BCUT2D eigenvalue weighted by molar-refractivity contribution is 0.560. The summed E-state index contributed by atoms with van der Waals surface area (Å²) in [6.07, 6.45) is 5.07. The Kier molecular flexibility index (Phi) is 8.15. The van der Waals surface area contributed by atoms with Gasteiger partial charge in [0.15, 0.2) is 0 Å². The van der Waals surface area contributed by atoms with Crippen LogP contribution in [-0.2, 0) is 21.0 Å². The number of hydrogen-bond acceptors (Lipinski definition) is 6. The molecule has 122 valence electrons. The molecule has 0 amide bonds. The quantitative estimate of drug-likeness (QED) is 0.477. The molecule has 1 aromatic rings. The van der Waals surface area contributed by atoms with Crippen molar-refractivity contribution in [3.8, 4) is 0 Å². The van der Waals surface area contributed by atoms with Crippen LogP contribution < -0.4 is 0 Å². The summed E-state index contributed by atoms with van der Waals surface area (Å²) in [5.41, 5.74) is 0. The molecule has 1 aromatic heterocycles. The molecule has 5 nitrogen and oxygen atoms in total. The smallest absolute Gasteiger partial charge is 0.323 e. The molecule has 0 radical (unpaired) electrons. The average molecular weight is 353 g/mol. The van der Waals surface area contributed by atoms with Crippen molar-refractivity contribution in [1.82, 2.24) is 10.2 Å². The van der Waals surface area contributed by atoms with E-state index in [9.17, 15) is 13.0 Å². The maximum atomic E-state index is 12.4. The molecule has 21 heavy (non-hydrogen) atoms. The maximum Gasteiger partial charge on any atom is 0.323 e. The Hall–Kier alpha value is -0.180. The number of aromatic nitrogens is 2. The predicted molar refractivity (Wildman–Crippen MR) is 86.9 cm³/mol. The second kappa shape index (κ2) is 9.07. The highest BCUT2D eigenvalue weighted by Gasteiger charge is 2.29. The van der Waals surface area contributed by atoms with Gasteiger partial charge in [-0.05, 0) is 30.6 Å². The SMILES string of the molecule is CCCCCS(=O)(=O)c1nnc([S+]([O-])C(CC)CCC)s1. The van der Waals surface area contributed by atoms with Crippen LogP contribution in [0.25, 0.3) is 0 Å². The molecule has 1 rings (SSSR count). The molecule has 0 N–H and O–H groups in total. The van der Waals surface area contributed by atoms with E-state index in [2.05, 4.69) is 10.2 Å². The lowest BCUT2D eigenvalue weighted by Gasteiger charge is -2.16.